The van der Waals surface area contributed by atoms with E-state index in [1.54, 1.807) is 13.8 Å². The molecule has 8 nitrogen and oxygen atoms in total. The minimum absolute atomic E-state index is 0.134. The van der Waals surface area contributed by atoms with E-state index >= 15 is 0 Å². The van der Waals surface area contributed by atoms with Gasteiger partial charge in [0, 0.05) is 23.0 Å². The fourth-order valence-corrected chi connectivity index (χ4v) is 3.95. The van der Waals surface area contributed by atoms with Crippen LogP contribution in [-0.4, -0.2) is 54.2 Å². The van der Waals surface area contributed by atoms with Gasteiger partial charge in [-0.05, 0) is 25.0 Å². The van der Waals surface area contributed by atoms with Gasteiger partial charge in [-0.15, -0.1) is 0 Å². The standard InChI is InChI=1S/C10H18N2O6S.C6H5Br/c1-9(2,6-11-19(17)18)10(7(13)14)4-3-5-12(10)8(15)16;7-6-4-2-1-3-5-6/h19H,3-6H2,1-2H3,(H,13,14)(H,15,16)(H,11,17,18);1-5H. The molecule has 1 aliphatic heterocycles. The molecule has 1 saturated heterocycles. The van der Waals surface area contributed by atoms with E-state index in [2.05, 4.69) is 20.7 Å². The Labute approximate surface area is 162 Å². The zero-order chi connectivity index (χ0) is 20.0. The molecule has 1 amide bonds. The van der Waals surface area contributed by atoms with Crippen LogP contribution in [0, 0.1) is 5.41 Å². The summed E-state index contributed by atoms with van der Waals surface area (Å²) in [7, 11) is -2.86. The highest BCUT2D eigenvalue weighted by molar-refractivity contribution is 9.10. The Balaban J connectivity index is 0.000000401. The summed E-state index contributed by atoms with van der Waals surface area (Å²) in [6, 6.07) is 9.97. The van der Waals surface area contributed by atoms with Crippen LogP contribution in [0.4, 0.5) is 4.79 Å². The summed E-state index contributed by atoms with van der Waals surface area (Å²) in [5.74, 6) is -1.25. The predicted molar refractivity (Wildman–Crippen MR) is 101 cm³/mol. The Kier molecular flexibility index (Phi) is 8.04. The zero-order valence-electron chi connectivity index (χ0n) is 14.5. The molecule has 1 heterocycles. The number of hydrogen-bond acceptors (Lipinski definition) is 4. The first-order valence-electron chi connectivity index (χ1n) is 7.87. The van der Waals surface area contributed by atoms with Crippen molar-refractivity contribution in [1.82, 2.24) is 9.62 Å². The largest absolute Gasteiger partial charge is 0.479 e. The van der Waals surface area contributed by atoms with Gasteiger partial charge in [-0.2, -0.15) is 0 Å². The lowest BCUT2D eigenvalue weighted by atomic mass is 9.70. The molecular weight excluding hydrogens is 428 g/mol. The number of hydrogen-bond donors (Lipinski definition) is 4. The normalized spacial score (nSPS) is 19.8. The van der Waals surface area contributed by atoms with Crippen LogP contribution in [0.2, 0.25) is 0 Å². The van der Waals surface area contributed by atoms with Gasteiger partial charge >= 0.3 is 12.1 Å². The SMILES string of the molecule is Brc1ccccc1.CC(C)(CN[SH](=O)=O)C1(C(=O)O)CCCN1C(=O)O. The summed E-state index contributed by atoms with van der Waals surface area (Å²) < 4.78 is 24.5. The van der Waals surface area contributed by atoms with E-state index < -0.39 is 33.9 Å². The van der Waals surface area contributed by atoms with Gasteiger partial charge in [0.25, 0.3) is 0 Å². The van der Waals surface area contributed by atoms with E-state index in [9.17, 15) is 23.1 Å². The van der Waals surface area contributed by atoms with Crippen LogP contribution < -0.4 is 4.72 Å². The Morgan fingerprint density at radius 2 is 1.85 bits per heavy atom. The number of halogens is 1. The number of carboxylic acid groups (broad SMARTS) is 2. The van der Waals surface area contributed by atoms with E-state index in [1.165, 1.54) is 0 Å². The zero-order valence-corrected chi connectivity index (χ0v) is 17.0. The molecule has 10 heteroatoms. The number of rotatable bonds is 5. The van der Waals surface area contributed by atoms with Gasteiger partial charge in [-0.3, -0.25) is 4.90 Å². The summed E-state index contributed by atoms with van der Waals surface area (Å²) in [6.45, 7) is 3.10. The predicted octanol–water partition coefficient (Wildman–Crippen LogP) is 2.17. The van der Waals surface area contributed by atoms with Crippen LogP contribution >= 0.6 is 15.9 Å². The molecule has 0 spiro atoms. The third-order valence-corrected chi connectivity index (χ3v) is 5.41. The third kappa shape index (κ3) is 5.18. The Hall–Kier alpha value is -1.65. The minimum atomic E-state index is -2.86. The van der Waals surface area contributed by atoms with Crippen molar-refractivity contribution in [2.24, 2.45) is 5.41 Å². The Bertz CT molecular complexity index is 702. The van der Waals surface area contributed by atoms with E-state index in [4.69, 9.17) is 5.11 Å². The lowest BCUT2D eigenvalue weighted by molar-refractivity contribution is -0.156. The van der Waals surface area contributed by atoms with Crippen LogP contribution in [0.15, 0.2) is 34.8 Å². The van der Waals surface area contributed by atoms with Crippen LogP contribution in [0.25, 0.3) is 0 Å². The van der Waals surface area contributed by atoms with Gasteiger partial charge in [-0.25, -0.2) is 22.7 Å². The minimum Gasteiger partial charge on any atom is -0.479 e. The maximum absolute atomic E-state index is 11.6. The van der Waals surface area contributed by atoms with Crippen molar-refractivity contribution in [3.05, 3.63) is 34.8 Å². The molecule has 1 fully saturated rings. The molecule has 1 unspecified atom stereocenters. The molecule has 1 aliphatic rings. The second-order valence-corrected chi connectivity index (χ2v) is 8.22. The Morgan fingerprint density at radius 3 is 2.23 bits per heavy atom. The number of nitrogens with one attached hydrogen (secondary N) is 1. The van der Waals surface area contributed by atoms with Crippen LogP contribution in [-0.2, 0) is 15.7 Å². The van der Waals surface area contributed by atoms with Crippen molar-refractivity contribution < 1.29 is 28.2 Å². The highest BCUT2D eigenvalue weighted by Gasteiger charge is 2.59. The van der Waals surface area contributed by atoms with E-state index in [1.807, 2.05) is 30.3 Å². The first kappa shape index (κ1) is 22.4. The lowest BCUT2D eigenvalue weighted by Crippen LogP contribution is -2.63. The second kappa shape index (κ2) is 9.33. The highest BCUT2D eigenvalue weighted by atomic mass is 79.9. The van der Waals surface area contributed by atoms with Gasteiger partial charge in [0.05, 0.1) is 0 Å². The molecule has 1 aromatic carbocycles. The van der Waals surface area contributed by atoms with Crippen LogP contribution in [0.3, 0.4) is 0 Å². The van der Waals surface area contributed by atoms with Gasteiger partial charge in [0.15, 0.2) is 0 Å². The molecule has 0 saturated carbocycles. The number of thiol groups is 1. The molecule has 2 rings (SSSR count). The van der Waals surface area contributed by atoms with Crippen molar-refractivity contribution in [1.29, 1.82) is 0 Å². The van der Waals surface area contributed by atoms with Gasteiger partial charge in [0.2, 0.25) is 10.9 Å². The van der Waals surface area contributed by atoms with Crippen LogP contribution in [0.5, 0.6) is 0 Å². The second-order valence-electron chi connectivity index (χ2n) is 6.47. The maximum Gasteiger partial charge on any atom is 0.408 e. The number of nitrogens with zero attached hydrogens (tertiary/aromatic N) is 1. The molecule has 3 N–H and O–H groups in total. The van der Waals surface area contributed by atoms with E-state index in [-0.39, 0.29) is 19.5 Å². The Morgan fingerprint density at radius 1 is 1.27 bits per heavy atom. The van der Waals surface area contributed by atoms with Crippen molar-refractivity contribution in [3.63, 3.8) is 0 Å². The number of carboxylic acids is 1. The molecule has 0 aromatic heterocycles. The summed E-state index contributed by atoms with van der Waals surface area (Å²) in [5.41, 5.74) is -2.68. The molecule has 1 aromatic rings. The highest BCUT2D eigenvalue weighted by Crippen LogP contribution is 2.44. The monoisotopic (exact) mass is 450 g/mol. The molecular formula is C16H23BrN2O6S. The molecule has 1 atom stereocenters. The van der Waals surface area contributed by atoms with Gasteiger partial charge in [-0.1, -0.05) is 48.0 Å². The molecule has 0 bridgehead atoms. The summed E-state index contributed by atoms with van der Waals surface area (Å²) in [6.07, 6.45) is -0.704. The lowest BCUT2D eigenvalue weighted by Gasteiger charge is -2.45. The van der Waals surface area contributed by atoms with Gasteiger partial charge in [0.1, 0.15) is 5.54 Å². The smallest absolute Gasteiger partial charge is 0.408 e. The first-order valence-corrected chi connectivity index (χ1v) is 9.84. The number of benzene rings is 1. The first-order chi connectivity index (χ1) is 12.0. The van der Waals surface area contributed by atoms with Crippen LogP contribution in [0.1, 0.15) is 26.7 Å². The van der Waals surface area contributed by atoms with E-state index in [0.29, 0.717) is 6.42 Å². The molecule has 146 valence electrons. The number of likely N-dealkylation sites (tertiary alicyclic amines) is 1. The van der Waals surface area contributed by atoms with Crippen molar-refractivity contribution in [2.45, 2.75) is 32.2 Å². The summed E-state index contributed by atoms with van der Waals surface area (Å²) in [5, 5.41) is 18.7. The number of carbonyl (C=O) groups is 2. The molecule has 26 heavy (non-hydrogen) atoms. The average molecular weight is 451 g/mol. The number of aliphatic carboxylic acids is 1. The fraction of sp³-hybridized carbons (Fsp3) is 0.500. The van der Waals surface area contributed by atoms with Crippen molar-refractivity contribution >= 4 is 38.9 Å². The van der Waals surface area contributed by atoms with Gasteiger partial charge < -0.3 is 10.2 Å². The summed E-state index contributed by atoms with van der Waals surface area (Å²) in [4.78, 5) is 23.8. The quantitative estimate of drug-likeness (QED) is 0.509. The molecule has 0 radical (unpaired) electrons. The maximum atomic E-state index is 11.6. The summed E-state index contributed by atoms with van der Waals surface area (Å²) >= 11 is 3.31. The van der Waals surface area contributed by atoms with Crippen molar-refractivity contribution in [2.75, 3.05) is 13.1 Å². The average Bonchev–Trinajstić information content (AvgIpc) is 3.01. The number of amides is 1. The van der Waals surface area contributed by atoms with Crippen molar-refractivity contribution in [3.8, 4) is 0 Å². The van der Waals surface area contributed by atoms with E-state index in [0.717, 1.165) is 9.37 Å². The third-order valence-electron chi connectivity index (χ3n) is 4.47. The fourth-order valence-electron chi connectivity index (χ4n) is 3.12. The molecule has 0 aliphatic carbocycles. The topological polar surface area (TPSA) is 124 Å².